The van der Waals surface area contributed by atoms with E-state index < -0.39 is 31.0 Å². The van der Waals surface area contributed by atoms with E-state index in [0.717, 1.165) is 0 Å². The number of carbonyl (C=O) groups is 1. The summed E-state index contributed by atoms with van der Waals surface area (Å²) < 4.78 is 41.6. The first kappa shape index (κ1) is 15.6. The number of nitrogens with zero attached hydrogens (tertiary/aromatic N) is 1. The van der Waals surface area contributed by atoms with Gasteiger partial charge in [0.05, 0.1) is 18.6 Å². The number of ether oxygens (including phenoxy) is 1. The third-order valence-electron chi connectivity index (χ3n) is 4.70. The molecule has 0 bridgehead atoms. The number of rotatable bonds is 3. The highest BCUT2D eigenvalue weighted by Gasteiger charge is 2.56. The summed E-state index contributed by atoms with van der Waals surface area (Å²) in [6.07, 6.45) is -4.53. The molecule has 1 amide bonds. The van der Waals surface area contributed by atoms with Crippen LogP contribution in [-0.4, -0.2) is 54.5 Å². The molecule has 2 atom stereocenters. The minimum absolute atomic E-state index is 0.00933. The van der Waals surface area contributed by atoms with E-state index in [2.05, 4.69) is 0 Å². The average molecular weight is 295 g/mol. The van der Waals surface area contributed by atoms with Crippen LogP contribution in [0.3, 0.4) is 0 Å². The van der Waals surface area contributed by atoms with Gasteiger partial charge in [0.1, 0.15) is 0 Å². The summed E-state index contributed by atoms with van der Waals surface area (Å²) in [6, 6.07) is 0. The molecule has 2 fully saturated rings. The molecule has 1 heterocycles. The van der Waals surface area contributed by atoms with E-state index in [1.54, 1.807) is 7.11 Å². The molecule has 20 heavy (non-hydrogen) atoms. The first-order valence-corrected chi connectivity index (χ1v) is 6.84. The second-order valence-electron chi connectivity index (χ2n) is 5.70. The standard InChI is InChI=1S/C13H20F3NO3/c1-20-10-8-9(18)12(10)4-6-17(7-5-12)11(19)2-3-13(14,15)16/h9-10,18H,2-8H2,1H3/t9-,10+/m1/s1. The Morgan fingerprint density at radius 1 is 1.40 bits per heavy atom. The van der Waals surface area contributed by atoms with Gasteiger partial charge >= 0.3 is 6.18 Å². The van der Waals surface area contributed by atoms with Crippen molar-refractivity contribution in [3.63, 3.8) is 0 Å². The fraction of sp³-hybridized carbons (Fsp3) is 0.923. The Morgan fingerprint density at radius 2 is 2.00 bits per heavy atom. The molecule has 2 aliphatic rings. The zero-order valence-electron chi connectivity index (χ0n) is 11.4. The van der Waals surface area contributed by atoms with Crippen molar-refractivity contribution in [3.8, 4) is 0 Å². The van der Waals surface area contributed by atoms with Crippen LogP contribution in [0.1, 0.15) is 32.1 Å². The van der Waals surface area contributed by atoms with Crippen molar-refractivity contribution in [2.75, 3.05) is 20.2 Å². The van der Waals surface area contributed by atoms with E-state index in [4.69, 9.17) is 4.74 Å². The molecule has 0 radical (unpaired) electrons. The molecule has 0 aromatic carbocycles. The van der Waals surface area contributed by atoms with E-state index in [9.17, 15) is 23.1 Å². The smallest absolute Gasteiger partial charge is 0.389 e. The van der Waals surface area contributed by atoms with E-state index in [1.807, 2.05) is 0 Å². The normalized spacial score (nSPS) is 29.4. The lowest BCUT2D eigenvalue weighted by molar-refractivity contribution is -0.202. The van der Waals surface area contributed by atoms with Crippen molar-refractivity contribution in [2.45, 2.75) is 50.5 Å². The molecule has 116 valence electrons. The highest BCUT2D eigenvalue weighted by atomic mass is 19.4. The minimum atomic E-state index is -4.29. The first-order chi connectivity index (χ1) is 9.28. The number of aliphatic hydroxyl groups excluding tert-OH is 1. The number of hydrogen-bond acceptors (Lipinski definition) is 3. The highest BCUT2D eigenvalue weighted by Crippen LogP contribution is 2.50. The number of hydrogen-bond donors (Lipinski definition) is 1. The SMILES string of the molecule is CO[C@H]1C[C@@H](O)C12CCN(C(=O)CCC(F)(F)F)CC2. The van der Waals surface area contributed by atoms with Crippen LogP contribution in [0.15, 0.2) is 0 Å². The summed E-state index contributed by atoms with van der Waals surface area (Å²) >= 11 is 0. The number of alkyl halides is 3. The fourth-order valence-electron chi connectivity index (χ4n) is 3.29. The van der Waals surface area contributed by atoms with Crippen LogP contribution in [0.2, 0.25) is 0 Å². The number of aliphatic hydroxyl groups is 1. The van der Waals surface area contributed by atoms with Crippen molar-refractivity contribution in [2.24, 2.45) is 5.41 Å². The predicted molar refractivity (Wildman–Crippen MR) is 65.0 cm³/mol. The highest BCUT2D eigenvalue weighted by molar-refractivity contribution is 5.76. The number of methoxy groups -OCH3 is 1. The van der Waals surface area contributed by atoms with E-state index in [-0.39, 0.29) is 11.5 Å². The van der Waals surface area contributed by atoms with E-state index >= 15 is 0 Å². The van der Waals surface area contributed by atoms with Crippen LogP contribution in [0, 0.1) is 5.41 Å². The van der Waals surface area contributed by atoms with Crippen LogP contribution < -0.4 is 0 Å². The molecule has 1 aliphatic heterocycles. The van der Waals surface area contributed by atoms with Gasteiger partial charge in [-0.3, -0.25) is 4.79 Å². The molecule has 0 unspecified atom stereocenters. The first-order valence-electron chi connectivity index (χ1n) is 6.84. The quantitative estimate of drug-likeness (QED) is 0.862. The largest absolute Gasteiger partial charge is 0.392 e. The molecular formula is C13H20F3NO3. The van der Waals surface area contributed by atoms with Gasteiger partial charge in [-0.2, -0.15) is 13.2 Å². The summed E-state index contributed by atoms with van der Waals surface area (Å²) in [5.41, 5.74) is -0.310. The zero-order chi connectivity index (χ0) is 15.0. The van der Waals surface area contributed by atoms with Gasteiger partial charge in [-0.25, -0.2) is 0 Å². The monoisotopic (exact) mass is 295 g/mol. The third-order valence-corrected chi connectivity index (χ3v) is 4.70. The average Bonchev–Trinajstić information content (AvgIpc) is 2.41. The van der Waals surface area contributed by atoms with Crippen LogP contribution in [-0.2, 0) is 9.53 Å². The Labute approximate surface area is 115 Å². The molecule has 1 saturated carbocycles. The van der Waals surface area contributed by atoms with Gasteiger partial charge in [-0.15, -0.1) is 0 Å². The Morgan fingerprint density at radius 3 is 2.45 bits per heavy atom. The van der Waals surface area contributed by atoms with Crippen molar-refractivity contribution in [3.05, 3.63) is 0 Å². The number of carbonyl (C=O) groups excluding carboxylic acids is 1. The maximum atomic E-state index is 12.1. The van der Waals surface area contributed by atoms with Crippen molar-refractivity contribution >= 4 is 5.91 Å². The van der Waals surface area contributed by atoms with E-state index in [1.165, 1.54) is 4.90 Å². The Hall–Kier alpha value is -0.820. The summed E-state index contributed by atoms with van der Waals surface area (Å²) in [7, 11) is 1.60. The van der Waals surface area contributed by atoms with E-state index in [0.29, 0.717) is 32.4 Å². The molecule has 7 heteroatoms. The van der Waals surface area contributed by atoms with Crippen molar-refractivity contribution in [1.29, 1.82) is 0 Å². The molecule has 1 aliphatic carbocycles. The lowest BCUT2D eigenvalue weighted by Gasteiger charge is -2.56. The lowest BCUT2D eigenvalue weighted by atomic mass is 9.58. The van der Waals surface area contributed by atoms with Gasteiger partial charge in [-0.1, -0.05) is 0 Å². The molecule has 1 N–H and O–H groups in total. The number of piperidine rings is 1. The molecule has 0 aromatic heterocycles. The van der Waals surface area contributed by atoms with Crippen LogP contribution in [0.4, 0.5) is 13.2 Å². The topological polar surface area (TPSA) is 49.8 Å². The van der Waals surface area contributed by atoms with Crippen LogP contribution in [0.25, 0.3) is 0 Å². The van der Waals surface area contributed by atoms with Gasteiger partial charge in [-0.05, 0) is 12.8 Å². The molecule has 1 saturated heterocycles. The molecule has 4 nitrogen and oxygen atoms in total. The van der Waals surface area contributed by atoms with Gasteiger partial charge in [0, 0.05) is 38.5 Å². The fourth-order valence-corrected chi connectivity index (χ4v) is 3.29. The van der Waals surface area contributed by atoms with Crippen molar-refractivity contribution < 1.29 is 27.8 Å². The molecule has 1 spiro atoms. The predicted octanol–water partition coefficient (Wildman–Crippen LogP) is 1.72. The maximum absolute atomic E-state index is 12.1. The Kier molecular flexibility index (Phi) is 4.30. The Balaban J connectivity index is 1.84. The lowest BCUT2D eigenvalue weighted by Crippen LogP contribution is -2.62. The van der Waals surface area contributed by atoms with Gasteiger partial charge in [0.25, 0.3) is 0 Å². The summed E-state index contributed by atoms with van der Waals surface area (Å²) in [5, 5.41) is 9.93. The third kappa shape index (κ3) is 2.93. The van der Waals surface area contributed by atoms with Gasteiger partial charge in [0.15, 0.2) is 0 Å². The summed E-state index contributed by atoms with van der Waals surface area (Å²) in [5.74, 6) is -0.458. The van der Waals surface area contributed by atoms with Crippen LogP contribution in [0.5, 0.6) is 0 Å². The second kappa shape index (κ2) is 5.52. The minimum Gasteiger partial charge on any atom is -0.392 e. The maximum Gasteiger partial charge on any atom is 0.389 e. The second-order valence-corrected chi connectivity index (χ2v) is 5.70. The molecule has 2 rings (SSSR count). The van der Waals surface area contributed by atoms with Crippen molar-refractivity contribution in [1.82, 2.24) is 4.90 Å². The van der Waals surface area contributed by atoms with Gasteiger partial charge in [0.2, 0.25) is 5.91 Å². The Bertz CT molecular complexity index is 364. The number of likely N-dealkylation sites (tertiary alicyclic amines) is 1. The number of halogens is 3. The molecular weight excluding hydrogens is 275 g/mol. The summed E-state index contributed by atoms with van der Waals surface area (Å²) in [4.78, 5) is 13.2. The number of amides is 1. The molecule has 0 aromatic rings. The zero-order valence-corrected chi connectivity index (χ0v) is 11.4. The van der Waals surface area contributed by atoms with Crippen LogP contribution >= 0.6 is 0 Å². The summed E-state index contributed by atoms with van der Waals surface area (Å²) in [6.45, 7) is 0.793. The van der Waals surface area contributed by atoms with Gasteiger partial charge < -0.3 is 14.7 Å².